The van der Waals surface area contributed by atoms with Gasteiger partial charge in [-0.3, -0.25) is 9.59 Å². The molecule has 0 spiro atoms. The van der Waals surface area contributed by atoms with E-state index in [1.807, 2.05) is 0 Å². The first kappa shape index (κ1) is 13.1. The summed E-state index contributed by atoms with van der Waals surface area (Å²) >= 11 is 0. The minimum absolute atomic E-state index is 0.335. The van der Waals surface area contributed by atoms with Crippen molar-refractivity contribution in [2.24, 2.45) is 12.5 Å². The molecular weight excluding hydrogens is 224 g/mol. The van der Waals surface area contributed by atoms with Crippen LogP contribution in [0.2, 0.25) is 0 Å². The summed E-state index contributed by atoms with van der Waals surface area (Å²) in [6.45, 7) is 3.07. The quantitative estimate of drug-likeness (QED) is 0.681. The molecule has 0 aliphatic carbocycles. The topological polar surface area (TPSA) is 97.1 Å². The van der Waals surface area contributed by atoms with Gasteiger partial charge in [0.25, 0.3) is 0 Å². The normalized spacial score (nSPS) is 11.2. The summed E-state index contributed by atoms with van der Waals surface area (Å²) in [6.07, 6.45) is 2.08. The number of hydrogen-bond acceptors (Lipinski definition) is 4. The van der Waals surface area contributed by atoms with Gasteiger partial charge in [0.1, 0.15) is 17.6 Å². The molecule has 0 radical (unpaired) electrons. The number of carboxylic acid groups (broad SMARTS) is 1. The molecule has 0 atom stereocenters. The maximum absolute atomic E-state index is 11.6. The van der Waals surface area contributed by atoms with E-state index in [0.29, 0.717) is 13.0 Å². The smallest absolute Gasteiger partial charge is 0.318 e. The van der Waals surface area contributed by atoms with E-state index in [1.165, 1.54) is 13.8 Å². The summed E-state index contributed by atoms with van der Waals surface area (Å²) in [5, 5.41) is 19.0. The van der Waals surface area contributed by atoms with Gasteiger partial charge in [-0.2, -0.15) is 0 Å². The summed E-state index contributed by atoms with van der Waals surface area (Å²) in [7, 11) is 1.80. The number of carbonyl (C=O) groups is 2. The fraction of sp³-hybridized carbons (Fsp3) is 0.600. The maximum Gasteiger partial charge on any atom is 0.318 e. The summed E-state index contributed by atoms with van der Waals surface area (Å²) in [4.78, 5) is 22.4. The zero-order chi connectivity index (χ0) is 13.1. The SMILES string of the molecule is Cn1cnnc1CCNC(=O)C(C)(C)C(=O)O. The second-order valence-electron chi connectivity index (χ2n) is 4.29. The van der Waals surface area contributed by atoms with Gasteiger partial charge in [0, 0.05) is 20.0 Å². The molecule has 17 heavy (non-hydrogen) atoms. The van der Waals surface area contributed by atoms with E-state index in [4.69, 9.17) is 5.11 Å². The van der Waals surface area contributed by atoms with Crippen molar-refractivity contribution in [2.45, 2.75) is 20.3 Å². The van der Waals surface area contributed by atoms with Crippen LogP contribution in [0.4, 0.5) is 0 Å². The molecule has 94 valence electrons. The molecule has 0 bridgehead atoms. The predicted octanol–water partition coefficient (Wildman–Crippen LogP) is -0.415. The van der Waals surface area contributed by atoms with Crippen molar-refractivity contribution >= 4 is 11.9 Å². The molecule has 0 aliphatic heterocycles. The number of aliphatic carboxylic acids is 1. The first-order valence-electron chi connectivity index (χ1n) is 5.20. The molecular formula is C10H16N4O3. The molecule has 1 aromatic rings. The number of nitrogens with zero attached hydrogens (tertiary/aromatic N) is 3. The third kappa shape index (κ3) is 3.02. The number of hydrogen-bond donors (Lipinski definition) is 2. The molecule has 0 aliphatic rings. The van der Waals surface area contributed by atoms with Crippen LogP contribution < -0.4 is 5.32 Å². The molecule has 2 N–H and O–H groups in total. The average Bonchev–Trinajstić information content (AvgIpc) is 2.64. The van der Waals surface area contributed by atoms with Crippen LogP contribution >= 0.6 is 0 Å². The van der Waals surface area contributed by atoms with Gasteiger partial charge in [0.05, 0.1) is 0 Å². The third-order valence-electron chi connectivity index (χ3n) is 2.54. The second kappa shape index (κ2) is 4.94. The van der Waals surface area contributed by atoms with Crippen LogP contribution in [0, 0.1) is 5.41 Å². The van der Waals surface area contributed by atoms with Crippen molar-refractivity contribution in [3.8, 4) is 0 Å². The van der Waals surface area contributed by atoms with E-state index in [9.17, 15) is 9.59 Å². The Morgan fingerprint density at radius 2 is 2.18 bits per heavy atom. The van der Waals surface area contributed by atoms with Gasteiger partial charge in [-0.1, -0.05) is 0 Å². The molecule has 7 nitrogen and oxygen atoms in total. The minimum Gasteiger partial charge on any atom is -0.480 e. The summed E-state index contributed by atoms with van der Waals surface area (Å²) in [5.41, 5.74) is -1.42. The molecule has 0 aromatic carbocycles. The minimum atomic E-state index is -1.42. The lowest BCUT2D eigenvalue weighted by molar-refractivity contribution is -0.153. The predicted molar refractivity (Wildman–Crippen MR) is 59.1 cm³/mol. The first-order chi connectivity index (χ1) is 7.85. The Hall–Kier alpha value is -1.92. The van der Waals surface area contributed by atoms with E-state index < -0.39 is 17.3 Å². The monoisotopic (exact) mass is 240 g/mol. The largest absolute Gasteiger partial charge is 0.480 e. The lowest BCUT2D eigenvalue weighted by atomic mass is 9.93. The highest BCUT2D eigenvalue weighted by molar-refractivity contribution is 6.00. The third-order valence-corrected chi connectivity index (χ3v) is 2.54. The zero-order valence-electron chi connectivity index (χ0n) is 10.1. The van der Waals surface area contributed by atoms with E-state index in [-0.39, 0.29) is 0 Å². The Balaban J connectivity index is 2.45. The number of carbonyl (C=O) groups excluding carboxylic acids is 1. The molecule has 0 saturated carbocycles. The summed E-state index contributed by atoms with van der Waals surface area (Å²) in [6, 6.07) is 0. The fourth-order valence-corrected chi connectivity index (χ4v) is 1.14. The van der Waals surface area contributed by atoms with E-state index in [0.717, 1.165) is 5.82 Å². The van der Waals surface area contributed by atoms with Crippen LogP contribution in [0.5, 0.6) is 0 Å². The number of aromatic nitrogens is 3. The van der Waals surface area contributed by atoms with Crippen LogP contribution in [0.1, 0.15) is 19.7 Å². The van der Waals surface area contributed by atoms with E-state index in [2.05, 4.69) is 15.5 Å². The van der Waals surface area contributed by atoms with Gasteiger partial charge in [0.2, 0.25) is 5.91 Å². The molecule has 0 saturated heterocycles. The highest BCUT2D eigenvalue weighted by Crippen LogP contribution is 2.14. The number of amides is 1. The molecule has 0 unspecified atom stereocenters. The van der Waals surface area contributed by atoms with Crippen LogP contribution in [0.25, 0.3) is 0 Å². The standard InChI is InChI=1S/C10H16N4O3/c1-10(2,9(16)17)8(15)11-5-4-7-13-12-6-14(7)3/h6H,4-5H2,1-3H3,(H,11,15)(H,16,17). The number of aryl methyl sites for hydroxylation is 1. The van der Waals surface area contributed by atoms with Gasteiger partial charge < -0.3 is 15.0 Å². The van der Waals surface area contributed by atoms with Crippen molar-refractivity contribution in [3.05, 3.63) is 12.2 Å². The van der Waals surface area contributed by atoms with E-state index >= 15 is 0 Å². The molecule has 0 fully saturated rings. The summed E-state index contributed by atoms with van der Waals surface area (Å²) < 4.78 is 1.74. The Morgan fingerprint density at radius 1 is 1.53 bits per heavy atom. The van der Waals surface area contributed by atoms with Crippen LogP contribution in [-0.2, 0) is 23.1 Å². The van der Waals surface area contributed by atoms with Crippen LogP contribution in [0.15, 0.2) is 6.33 Å². The van der Waals surface area contributed by atoms with E-state index in [1.54, 1.807) is 17.9 Å². The highest BCUT2D eigenvalue weighted by Gasteiger charge is 2.35. The van der Waals surface area contributed by atoms with Crippen molar-refractivity contribution in [2.75, 3.05) is 6.54 Å². The Bertz CT molecular complexity index is 425. The van der Waals surface area contributed by atoms with Crippen molar-refractivity contribution < 1.29 is 14.7 Å². The van der Waals surface area contributed by atoms with Crippen LogP contribution in [-0.4, -0.2) is 38.3 Å². The van der Waals surface area contributed by atoms with Crippen molar-refractivity contribution in [3.63, 3.8) is 0 Å². The first-order valence-corrected chi connectivity index (χ1v) is 5.20. The molecule has 1 amide bonds. The molecule has 1 aromatic heterocycles. The second-order valence-corrected chi connectivity index (χ2v) is 4.29. The molecule has 7 heteroatoms. The van der Waals surface area contributed by atoms with Crippen molar-refractivity contribution in [1.82, 2.24) is 20.1 Å². The highest BCUT2D eigenvalue weighted by atomic mass is 16.4. The average molecular weight is 240 g/mol. The Labute approximate surface area is 98.8 Å². The maximum atomic E-state index is 11.6. The molecule has 1 rings (SSSR count). The Morgan fingerprint density at radius 3 is 2.65 bits per heavy atom. The lowest BCUT2D eigenvalue weighted by Crippen LogP contribution is -2.43. The zero-order valence-corrected chi connectivity index (χ0v) is 10.1. The van der Waals surface area contributed by atoms with Crippen LogP contribution in [0.3, 0.4) is 0 Å². The number of nitrogens with one attached hydrogen (secondary N) is 1. The number of rotatable bonds is 5. The lowest BCUT2D eigenvalue weighted by Gasteiger charge is -2.18. The van der Waals surface area contributed by atoms with Gasteiger partial charge in [0.15, 0.2) is 0 Å². The summed E-state index contributed by atoms with van der Waals surface area (Å²) in [5.74, 6) is -0.917. The van der Waals surface area contributed by atoms with Gasteiger partial charge in [-0.05, 0) is 13.8 Å². The van der Waals surface area contributed by atoms with Gasteiger partial charge >= 0.3 is 5.97 Å². The number of carboxylic acids is 1. The fourth-order valence-electron chi connectivity index (χ4n) is 1.14. The van der Waals surface area contributed by atoms with Gasteiger partial charge in [-0.25, -0.2) is 0 Å². The van der Waals surface area contributed by atoms with Gasteiger partial charge in [-0.15, -0.1) is 10.2 Å². The Kier molecular flexibility index (Phi) is 3.82. The van der Waals surface area contributed by atoms with Crippen molar-refractivity contribution in [1.29, 1.82) is 0 Å². The molecule has 1 heterocycles.